The number of hydrogen-bond acceptors (Lipinski definition) is 3. The number of likely N-dealkylation sites (tertiary alicyclic amines) is 1. The van der Waals surface area contributed by atoms with Crippen LogP contribution in [0.1, 0.15) is 24.2 Å². The van der Waals surface area contributed by atoms with Gasteiger partial charge in [0, 0.05) is 36.9 Å². The van der Waals surface area contributed by atoms with Crippen molar-refractivity contribution in [2.24, 2.45) is 5.92 Å². The first-order valence-electron chi connectivity index (χ1n) is 10.6. The van der Waals surface area contributed by atoms with Crippen molar-refractivity contribution in [3.05, 3.63) is 84.2 Å². The number of anilines is 1. The first kappa shape index (κ1) is 21.0. The molecule has 0 bridgehead atoms. The molecule has 0 aliphatic carbocycles. The van der Waals surface area contributed by atoms with Crippen LogP contribution in [0.5, 0.6) is 0 Å². The summed E-state index contributed by atoms with van der Waals surface area (Å²) in [5.41, 5.74) is 2.80. The number of carbonyl (C=O) groups excluding carboxylic acids is 1. The van der Waals surface area contributed by atoms with Gasteiger partial charge in [-0.2, -0.15) is 0 Å². The molecule has 1 N–H and O–H groups in total. The number of aryl methyl sites for hydroxylation is 1. The Morgan fingerprint density at radius 3 is 2.68 bits per heavy atom. The Kier molecular flexibility index (Phi) is 6.57. The van der Waals surface area contributed by atoms with Crippen molar-refractivity contribution in [2.45, 2.75) is 19.8 Å². The predicted octanol–water partition coefficient (Wildman–Crippen LogP) is 4.68. The summed E-state index contributed by atoms with van der Waals surface area (Å²) in [7, 11) is 0. The molecule has 1 aliphatic heterocycles. The first-order chi connectivity index (χ1) is 15.1. The molecule has 1 amide bonds. The zero-order valence-corrected chi connectivity index (χ0v) is 17.7. The van der Waals surface area contributed by atoms with E-state index in [1.165, 1.54) is 12.1 Å². The molecule has 1 aliphatic rings. The van der Waals surface area contributed by atoms with E-state index in [1.54, 1.807) is 18.3 Å². The van der Waals surface area contributed by atoms with Gasteiger partial charge in [0.2, 0.25) is 5.91 Å². The van der Waals surface area contributed by atoms with Crippen molar-refractivity contribution in [1.82, 2.24) is 14.5 Å². The summed E-state index contributed by atoms with van der Waals surface area (Å²) in [4.78, 5) is 19.3. The van der Waals surface area contributed by atoms with Crippen LogP contribution in [0.25, 0.3) is 11.8 Å². The standard InChI is InChI=1S/C25H27FN4O/c1-19-27-14-17-30(19)24-12-10-23(11-13-24)28-25(31)21-5-3-16-29(18-21)15-2-4-20-6-8-22(26)9-7-20/h2,4,6-14,17,21H,3,5,15-16,18H2,1H3,(H,28,31)/b4-2+. The van der Waals surface area contributed by atoms with Gasteiger partial charge in [0.1, 0.15) is 11.6 Å². The van der Waals surface area contributed by atoms with Gasteiger partial charge in [0.15, 0.2) is 0 Å². The van der Waals surface area contributed by atoms with Crippen molar-refractivity contribution in [2.75, 3.05) is 25.0 Å². The first-order valence-corrected chi connectivity index (χ1v) is 10.6. The average Bonchev–Trinajstić information content (AvgIpc) is 3.22. The van der Waals surface area contributed by atoms with Crippen LogP contribution in [0.4, 0.5) is 10.1 Å². The van der Waals surface area contributed by atoms with E-state index in [1.807, 2.05) is 48.0 Å². The van der Waals surface area contributed by atoms with Crippen molar-refractivity contribution in [1.29, 1.82) is 0 Å². The van der Waals surface area contributed by atoms with Crippen molar-refractivity contribution >= 4 is 17.7 Å². The van der Waals surface area contributed by atoms with Crippen LogP contribution in [0.2, 0.25) is 0 Å². The molecule has 5 nitrogen and oxygen atoms in total. The van der Waals surface area contributed by atoms with Crippen LogP contribution < -0.4 is 5.32 Å². The van der Waals surface area contributed by atoms with E-state index in [2.05, 4.69) is 21.3 Å². The fraction of sp³-hybridized carbons (Fsp3) is 0.280. The number of nitrogens with zero attached hydrogens (tertiary/aromatic N) is 3. The van der Waals surface area contributed by atoms with E-state index in [0.717, 1.165) is 55.2 Å². The largest absolute Gasteiger partial charge is 0.326 e. The van der Waals surface area contributed by atoms with Crippen LogP contribution in [0.3, 0.4) is 0 Å². The van der Waals surface area contributed by atoms with Gasteiger partial charge in [0.25, 0.3) is 0 Å². The van der Waals surface area contributed by atoms with Gasteiger partial charge in [-0.3, -0.25) is 9.69 Å². The summed E-state index contributed by atoms with van der Waals surface area (Å²) in [6, 6.07) is 14.3. The average molecular weight is 419 g/mol. The third-order valence-corrected chi connectivity index (χ3v) is 5.66. The molecule has 0 saturated carbocycles. The van der Waals surface area contributed by atoms with Crippen LogP contribution in [0.15, 0.2) is 67.0 Å². The molecule has 1 atom stereocenters. The molecule has 4 rings (SSSR count). The molecule has 31 heavy (non-hydrogen) atoms. The van der Waals surface area contributed by atoms with Gasteiger partial charge in [0.05, 0.1) is 5.92 Å². The number of piperidine rings is 1. The maximum Gasteiger partial charge on any atom is 0.228 e. The van der Waals surface area contributed by atoms with Crippen LogP contribution >= 0.6 is 0 Å². The zero-order chi connectivity index (χ0) is 21.6. The Labute approximate surface area is 182 Å². The van der Waals surface area contributed by atoms with Gasteiger partial charge in [-0.15, -0.1) is 0 Å². The topological polar surface area (TPSA) is 50.2 Å². The molecular weight excluding hydrogens is 391 g/mol. The fourth-order valence-corrected chi connectivity index (χ4v) is 3.95. The van der Waals surface area contributed by atoms with Crippen LogP contribution in [0, 0.1) is 18.7 Å². The second-order valence-corrected chi connectivity index (χ2v) is 7.93. The number of amides is 1. The van der Waals surface area contributed by atoms with Crippen molar-refractivity contribution < 1.29 is 9.18 Å². The summed E-state index contributed by atoms with van der Waals surface area (Å²) < 4.78 is 15.0. The normalized spacial score (nSPS) is 17.2. The molecule has 6 heteroatoms. The second-order valence-electron chi connectivity index (χ2n) is 7.93. The van der Waals surface area contributed by atoms with E-state index < -0.39 is 0 Å². The molecule has 1 aromatic heterocycles. The Balaban J connectivity index is 1.30. The Hall–Kier alpha value is -3.25. The summed E-state index contributed by atoms with van der Waals surface area (Å²) in [5, 5.41) is 3.06. The predicted molar refractivity (Wildman–Crippen MR) is 122 cm³/mol. The summed E-state index contributed by atoms with van der Waals surface area (Å²) in [6.45, 7) is 4.46. The Bertz CT molecular complexity index is 1040. The maximum absolute atomic E-state index is 13.0. The smallest absolute Gasteiger partial charge is 0.228 e. The molecule has 1 unspecified atom stereocenters. The van der Waals surface area contributed by atoms with Gasteiger partial charge in [-0.25, -0.2) is 9.37 Å². The van der Waals surface area contributed by atoms with Gasteiger partial charge in [-0.1, -0.05) is 24.3 Å². The van der Waals surface area contributed by atoms with Crippen LogP contribution in [-0.2, 0) is 4.79 Å². The highest BCUT2D eigenvalue weighted by molar-refractivity contribution is 5.92. The molecule has 2 aromatic carbocycles. The highest BCUT2D eigenvalue weighted by Crippen LogP contribution is 2.20. The Morgan fingerprint density at radius 2 is 1.97 bits per heavy atom. The van der Waals surface area contributed by atoms with E-state index >= 15 is 0 Å². The Morgan fingerprint density at radius 1 is 1.19 bits per heavy atom. The van der Waals surface area contributed by atoms with E-state index in [9.17, 15) is 9.18 Å². The zero-order valence-electron chi connectivity index (χ0n) is 17.7. The number of carbonyl (C=O) groups is 1. The number of aromatic nitrogens is 2. The molecular formula is C25H27FN4O. The molecule has 0 radical (unpaired) electrons. The lowest BCUT2D eigenvalue weighted by molar-refractivity contribution is -0.121. The van der Waals surface area contributed by atoms with Crippen LogP contribution in [-0.4, -0.2) is 40.0 Å². The number of nitrogens with one attached hydrogen (secondary N) is 1. The summed E-state index contributed by atoms with van der Waals surface area (Å²) in [5.74, 6) is 0.739. The number of hydrogen-bond donors (Lipinski definition) is 1. The van der Waals surface area contributed by atoms with E-state index in [4.69, 9.17) is 0 Å². The maximum atomic E-state index is 13.0. The van der Waals surface area contributed by atoms with E-state index in [0.29, 0.717) is 0 Å². The molecule has 1 saturated heterocycles. The van der Waals surface area contributed by atoms with E-state index in [-0.39, 0.29) is 17.6 Å². The minimum atomic E-state index is -0.228. The number of rotatable bonds is 6. The minimum absolute atomic E-state index is 0.0245. The minimum Gasteiger partial charge on any atom is -0.326 e. The monoisotopic (exact) mass is 418 g/mol. The van der Waals surface area contributed by atoms with Crippen molar-refractivity contribution in [3.63, 3.8) is 0 Å². The summed E-state index contributed by atoms with van der Waals surface area (Å²) in [6.07, 6.45) is 9.66. The van der Waals surface area contributed by atoms with Gasteiger partial charge < -0.3 is 9.88 Å². The van der Waals surface area contributed by atoms with Gasteiger partial charge >= 0.3 is 0 Å². The van der Waals surface area contributed by atoms with Gasteiger partial charge in [-0.05, 0) is 68.3 Å². The SMILES string of the molecule is Cc1nccn1-c1ccc(NC(=O)C2CCCN(C/C=C/c3ccc(F)cc3)C2)cc1. The molecule has 1 fully saturated rings. The number of imidazole rings is 1. The molecule has 160 valence electrons. The summed E-state index contributed by atoms with van der Waals surface area (Å²) >= 11 is 0. The lowest BCUT2D eigenvalue weighted by Crippen LogP contribution is -2.40. The number of halogens is 1. The molecule has 2 heterocycles. The van der Waals surface area contributed by atoms with Crippen molar-refractivity contribution in [3.8, 4) is 5.69 Å². The fourth-order valence-electron chi connectivity index (χ4n) is 3.95. The lowest BCUT2D eigenvalue weighted by atomic mass is 9.97. The third kappa shape index (κ3) is 5.47. The quantitative estimate of drug-likeness (QED) is 0.632. The molecule has 3 aromatic rings. The second kappa shape index (κ2) is 9.71. The lowest BCUT2D eigenvalue weighted by Gasteiger charge is -2.31. The highest BCUT2D eigenvalue weighted by Gasteiger charge is 2.25. The third-order valence-electron chi connectivity index (χ3n) is 5.66. The number of benzene rings is 2. The highest BCUT2D eigenvalue weighted by atomic mass is 19.1. The molecule has 0 spiro atoms.